The lowest BCUT2D eigenvalue weighted by Gasteiger charge is -2.25. The van der Waals surface area contributed by atoms with E-state index in [9.17, 15) is 4.79 Å². The predicted molar refractivity (Wildman–Crippen MR) is 112 cm³/mol. The number of pyridine rings is 1. The second kappa shape index (κ2) is 7.50. The molecule has 2 heterocycles. The first-order valence-corrected chi connectivity index (χ1v) is 9.65. The van der Waals surface area contributed by atoms with Crippen molar-refractivity contribution in [3.05, 3.63) is 65.4 Å². The molecule has 0 spiro atoms. The second-order valence-electron chi connectivity index (χ2n) is 7.31. The Kier molecular flexibility index (Phi) is 4.90. The molecule has 144 valence electrons. The normalized spacial score (nSPS) is 15.5. The quantitative estimate of drug-likeness (QED) is 0.738. The van der Waals surface area contributed by atoms with Crippen LogP contribution in [0.3, 0.4) is 0 Å². The third-order valence-corrected chi connectivity index (χ3v) is 5.45. The van der Waals surface area contributed by atoms with Gasteiger partial charge in [-0.1, -0.05) is 18.2 Å². The number of aryl methyl sites for hydroxylation is 1. The van der Waals surface area contributed by atoms with Crippen LogP contribution in [-0.4, -0.2) is 37.1 Å². The van der Waals surface area contributed by atoms with Gasteiger partial charge in [-0.3, -0.25) is 9.78 Å². The fourth-order valence-corrected chi connectivity index (χ4v) is 3.96. The molecule has 1 atom stereocenters. The summed E-state index contributed by atoms with van der Waals surface area (Å²) in [6, 6.07) is 16.6. The third-order valence-electron chi connectivity index (χ3n) is 5.45. The SMILES string of the molecule is COc1ccc2cc(C(=O)NCCN3c4ccccc4CC3C)c(C)nc2c1. The largest absolute Gasteiger partial charge is 0.497 e. The molecule has 0 bridgehead atoms. The molecule has 1 aromatic heterocycles. The average molecular weight is 375 g/mol. The Bertz CT molecular complexity index is 1030. The molecule has 1 amide bonds. The van der Waals surface area contributed by atoms with Crippen molar-refractivity contribution in [3.8, 4) is 5.75 Å². The van der Waals surface area contributed by atoms with Crippen LogP contribution in [0, 0.1) is 6.92 Å². The van der Waals surface area contributed by atoms with Gasteiger partial charge in [0.2, 0.25) is 0 Å². The van der Waals surface area contributed by atoms with Gasteiger partial charge in [0, 0.05) is 36.3 Å². The summed E-state index contributed by atoms with van der Waals surface area (Å²) in [5, 5.41) is 3.99. The van der Waals surface area contributed by atoms with E-state index in [1.54, 1.807) is 7.11 Å². The van der Waals surface area contributed by atoms with Crippen molar-refractivity contribution < 1.29 is 9.53 Å². The van der Waals surface area contributed by atoms with Crippen molar-refractivity contribution in [1.29, 1.82) is 0 Å². The van der Waals surface area contributed by atoms with Crippen molar-refractivity contribution in [1.82, 2.24) is 10.3 Å². The van der Waals surface area contributed by atoms with Gasteiger partial charge < -0.3 is 15.0 Å². The highest BCUT2D eigenvalue weighted by Gasteiger charge is 2.25. The van der Waals surface area contributed by atoms with E-state index in [-0.39, 0.29) is 5.91 Å². The Balaban J connectivity index is 1.45. The maximum absolute atomic E-state index is 12.7. The fourth-order valence-electron chi connectivity index (χ4n) is 3.96. The van der Waals surface area contributed by atoms with E-state index in [0.29, 0.717) is 18.2 Å². The van der Waals surface area contributed by atoms with E-state index < -0.39 is 0 Å². The van der Waals surface area contributed by atoms with Gasteiger partial charge in [-0.15, -0.1) is 0 Å². The van der Waals surface area contributed by atoms with Crippen LogP contribution in [-0.2, 0) is 6.42 Å². The lowest BCUT2D eigenvalue weighted by molar-refractivity contribution is 0.0953. The number of methoxy groups -OCH3 is 1. The summed E-state index contributed by atoms with van der Waals surface area (Å²) in [6.07, 6.45) is 1.06. The van der Waals surface area contributed by atoms with Gasteiger partial charge >= 0.3 is 0 Å². The highest BCUT2D eigenvalue weighted by Crippen LogP contribution is 2.31. The minimum absolute atomic E-state index is 0.0807. The van der Waals surface area contributed by atoms with E-state index in [1.807, 2.05) is 31.2 Å². The first-order chi connectivity index (χ1) is 13.6. The van der Waals surface area contributed by atoms with E-state index in [2.05, 4.69) is 46.4 Å². The molecule has 2 aromatic carbocycles. The van der Waals surface area contributed by atoms with Crippen LogP contribution in [0.5, 0.6) is 5.75 Å². The lowest BCUT2D eigenvalue weighted by atomic mass is 10.1. The van der Waals surface area contributed by atoms with E-state index in [0.717, 1.165) is 35.3 Å². The Morgan fingerprint density at radius 2 is 2.07 bits per heavy atom. The van der Waals surface area contributed by atoms with Crippen LogP contribution in [0.1, 0.15) is 28.5 Å². The molecule has 0 radical (unpaired) electrons. The summed E-state index contributed by atoms with van der Waals surface area (Å²) in [5.74, 6) is 0.680. The zero-order chi connectivity index (χ0) is 19.7. The molecule has 1 aliphatic heterocycles. The summed E-state index contributed by atoms with van der Waals surface area (Å²) in [4.78, 5) is 19.7. The summed E-state index contributed by atoms with van der Waals surface area (Å²) < 4.78 is 5.25. The first-order valence-electron chi connectivity index (χ1n) is 9.65. The molecule has 0 fully saturated rings. The Morgan fingerprint density at radius 3 is 2.89 bits per heavy atom. The lowest BCUT2D eigenvalue weighted by Crippen LogP contribution is -2.38. The van der Waals surface area contributed by atoms with E-state index in [4.69, 9.17) is 4.74 Å². The fraction of sp³-hybridized carbons (Fsp3) is 0.304. The highest BCUT2D eigenvalue weighted by molar-refractivity contribution is 5.98. The summed E-state index contributed by atoms with van der Waals surface area (Å²) in [6.45, 7) is 5.49. The molecule has 4 rings (SSSR count). The van der Waals surface area contributed by atoms with E-state index >= 15 is 0 Å². The number of rotatable bonds is 5. The Morgan fingerprint density at radius 1 is 1.25 bits per heavy atom. The molecular weight excluding hydrogens is 350 g/mol. The number of aromatic nitrogens is 1. The maximum atomic E-state index is 12.7. The minimum atomic E-state index is -0.0807. The highest BCUT2D eigenvalue weighted by atomic mass is 16.5. The number of hydrogen-bond donors (Lipinski definition) is 1. The number of ether oxygens (including phenoxy) is 1. The Labute approximate surface area is 165 Å². The summed E-state index contributed by atoms with van der Waals surface area (Å²) >= 11 is 0. The Hall–Kier alpha value is -3.08. The molecule has 1 unspecified atom stereocenters. The van der Waals surface area contributed by atoms with Crippen LogP contribution in [0.15, 0.2) is 48.5 Å². The molecule has 0 saturated carbocycles. The molecule has 0 aliphatic carbocycles. The second-order valence-corrected chi connectivity index (χ2v) is 7.31. The third kappa shape index (κ3) is 3.40. The first kappa shape index (κ1) is 18.3. The molecule has 1 aliphatic rings. The van der Waals surface area contributed by atoms with Crippen LogP contribution in [0.4, 0.5) is 5.69 Å². The topological polar surface area (TPSA) is 54.5 Å². The minimum Gasteiger partial charge on any atom is -0.497 e. The monoisotopic (exact) mass is 375 g/mol. The average Bonchev–Trinajstić information content (AvgIpc) is 3.02. The van der Waals surface area contributed by atoms with Gasteiger partial charge in [0.1, 0.15) is 5.75 Å². The van der Waals surface area contributed by atoms with Crippen molar-refractivity contribution in [2.24, 2.45) is 0 Å². The summed E-state index contributed by atoms with van der Waals surface area (Å²) in [7, 11) is 1.63. The maximum Gasteiger partial charge on any atom is 0.253 e. The smallest absolute Gasteiger partial charge is 0.253 e. The molecule has 28 heavy (non-hydrogen) atoms. The van der Waals surface area contributed by atoms with E-state index in [1.165, 1.54) is 11.3 Å². The number of hydrogen-bond acceptors (Lipinski definition) is 4. The molecule has 5 heteroatoms. The molecule has 5 nitrogen and oxygen atoms in total. The van der Waals surface area contributed by atoms with Gasteiger partial charge in [-0.2, -0.15) is 0 Å². The number of fused-ring (bicyclic) bond motifs is 2. The van der Waals surface area contributed by atoms with Crippen LogP contribution >= 0.6 is 0 Å². The van der Waals surface area contributed by atoms with Crippen molar-refractivity contribution in [2.45, 2.75) is 26.3 Å². The molecular formula is C23H25N3O2. The summed E-state index contributed by atoms with van der Waals surface area (Å²) in [5.41, 5.74) is 4.83. The number of nitrogens with zero attached hydrogens (tertiary/aromatic N) is 2. The van der Waals surface area contributed by atoms with Crippen LogP contribution < -0.4 is 15.0 Å². The van der Waals surface area contributed by atoms with Crippen molar-refractivity contribution in [2.75, 3.05) is 25.1 Å². The number of benzene rings is 2. The number of carbonyl (C=O) groups excluding carboxylic acids is 1. The zero-order valence-corrected chi connectivity index (χ0v) is 16.5. The molecule has 3 aromatic rings. The number of nitrogens with one attached hydrogen (secondary N) is 1. The number of carbonyl (C=O) groups is 1. The number of amides is 1. The predicted octanol–water partition coefficient (Wildman–Crippen LogP) is 3.73. The number of para-hydroxylation sites is 1. The molecule has 1 N–H and O–H groups in total. The zero-order valence-electron chi connectivity index (χ0n) is 16.5. The van der Waals surface area contributed by atoms with Crippen LogP contribution in [0.2, 0.25) is 0 Å². The van der Waals surface area contributed by atoms with Gasteiger partial charge in [-0.05, 0) is 50.1 Å². The van der Waals surface area contributed by atoms with Gasteiger partial charge in [0.15, 0.2) is 0 Å². The van der Waals surface area contributed by atoms with Crippen molar-refractivity contribution >= 4 is 22.5 Å². The van der Waals surface area contributed by atoms with Crippen molar-refractivity contribution in [3.63, 3.8) is 0 Å². The van der Waals surface area contributed by atoms with Gasteiger partial charge in [0.05, 0.1) is 23.9 Å². The van der Waals surface area contributed by atoms with Gasteiger partial charge in [-0.25, -0.2) is 0 Å². The number of anilines is 1. The van der Waals surface area contributed by atoms with Gasteiger partial charge in [0.25, 0.3) is 5.91 Å². The molecule has 0 saturated heterocycles. The van der Waals surface area contributed by atoms with Crippen LogP contribution in [0.25, 0.3) is 10.9 Å². The standard InChI is InChI=1S/C23H25N3O2/c1-15-12-18-6-4-5-7-22(18)26(15)11-10-24-23(27)20-13-17-8-9-19(28-3)14-21(17)25-16(20)2/h4-9,13-15H,10-12H2,1-3H3,(H,24,27).